The Hall–Kier alpha value is -4.50. The van der Waals surface area contributed by atoms with Crippen molar-refractivity contribution < 1.29 is 9.59 Å². The summed E-state index contributed by atoms with van der Waals surface area (Å²) in [6, 6.07) is 27.4. The molecule has 1 aliphatic carbocycles. The Labute approximate surface area is 198 Å². The number of Topliss-reactive ketones (excluding diaryl/α,β-unsaturated/α-hetero) is 2. The molecule has 0 bridgehead atoms. The molecule has 0 saturated heterocycles. The summed E-state index contributed by atoms with van der Waals surface area (Å²) < 4.78 is 0. The Balaban J connectivity index is 1.51. The number of fused-ring (bicyclic) bond motifs is 2. The van der Waals surface area contributed by atoms with Gasteiger partial charge in [-0.3, -0.25) is 9.59 Å². The van der Waals surface area contributed by atoms with E-state index in [9.17, 15) is 9.59 Å². The van der Waals surface area contributed by atoms with E-state index >= 15 is 0 Å². The average molecular weight is 440 g/mol. The first-order valence-electron chi connectivity index (χ1n) is 11.3. The lowest BCUT2D eigenvalue weighted by Gasteiger charge is -2.24. The number of benzene rings is 3. The highest BCUT2D eigenvalue weighted by atomic mass is 16.1. The number of allylic oxidation sites excluding steroid dienone is 7. The summed E-state index contributed by atoms with van der Waals surface area (Å²) in [4.78, 5) is 29.1. The van der Waals surface area contributed by atoms with Crippen LogP contribution < -0.4 is 0 Å². The molecule has 0 aromatic heterocycles. The van der Waals surface area contributed by atoms with Gasteiger partial charge in [0.2, 0.25) is 5.78 Å². The first-order chi connectivity index (χ1) is 16.6. The van der Waals surface area contributed by atoms with Crippen LogP contribution in [-0.2, 0) is 4.79 Å². The number of hydrogen-bond acceptors (Lipinski definition) is 3. The lowest BCUT2D eigenvalue weighted by molar-refractivity contribution is -0.110. The maximum Gasteiger partial charge on any atom is 0.212 e. The van der Waals surface area contributed by atoms with E-state index in [1.165, 1.54) is 0 Å². The number of carbonyl (C=O) groups excluding carboxylic acids is 2. The first kappa shape index (κ1) is 20.1. The zero-order valence-corrected chi connectivity index (χ0v) is 18.7. The number of ketones is 2. The molecule has 0 radical (unpaired) electrons. The van der Waals surface area contributed by atoms with Crippen LogP contribution in [0.2, 0.25) is 0 Å². The molecule has 2 heterocycles. The highest BCUT2D eigenvalue weighted by Crippen LogP contribution is 2.43. The molecule has 0 N–H and O–H groups in total. The number of hydrogen-bond donors (Lipinski definition) is 0. The summed E-state index contributed by atoms with van der Waals surface area (Å²) in [5, 5.41) is 0. The topological polar surface area (TPSA) is 37.4 Å². The molecule has 2 aliphatic heterocycles. The molecule has 0 fully saturated rings. The van der Waals surface area contributed by atoms with Crippen molar-refractivity contribution in [3.63, 3.8) is 0 Å². The van der Waals surface area contributed by atoms with Gasteiger partial charge < -0.3 is 4.90 Å². The van der Waals surface area contributed by atoms with Gasteiger partial charge in [-0.05, 0) is 53.0 Å². The second kappa shape index (κ2) is 7.82. The largest absolute Gasteiger partial charge is 0.312 e. The fraction of sp³-hybridized carbons (Fsp3) is 0.0323. The van der Waals surface area contributed by atoms with Crippen LogP contribution in [0, 0.1) is 0 Å². The molecule has 3 aromatic rings. The van der Waals surface area contributed by atoms with Gasteiger partial charge in [-0.25, -0.2) is 0 Å². The van der Waals surface area contributed by atoms with Gasteiger partial charge in [0.1, 0.15) is 0 Å². The third-order valence-corrected chi connectivity index (χ3v) is 6.52. The zero-order chi connectivity index (χ0) is 23.2. The van der Waals surface area contributed by atoms with Crippen molar-refractivity contribution in [3.8, 4) is 0 Å². The highest BCUT2D eigenvalue weighted by Gasteiger charge is 2.37. The third-order valence-electron chi connectivity index (χ3n) is 6.52. The quantitative estimate of drug-likeness (QED) is 0.431. The summed E-state index contributed by atoms with van der Waals surface area (Å²) in [5.74, 6) is -0.0621. The zero-order valence-electron chi connectivity index (χ0n) is 18.7. The Morgan fingerprint density at radius 1 is 0.647 bits per heavy atom. The van der Waals surface area contributed by atoms with Crippen LogP contribution >= 0.6 is 0 Å². The van der Waals surface area contributed by atoms with Crippen LogP contribution in [0.25, 0.3) is 16.8 Å². The SMILES string of the molecule is CC1=CC(=C2C=CN3C(=C2)C(=O)C(c2ccccc2)=C3c2ccccc2)C(=O)c2ccccc21. The van der Waals surface area contributed by atoms with Crippen LogP contribution in [0.5, 0.6) is 0 Å². The predicted octanol–water partition coefficient (Wildman–Crippen LogP) is 6.45. The molecule has 0 amide bonds. The van der Waals surface area contributed by atoms with Crippen molar-refractivity contribution in [1.82, 2.24) is 4.90 Å². The van der Waals surface area contributed by atoms with Crippen molar-refractivity contribution >= 4 is 28.4 Å². The molecule has 3 heteroatoms. The Kier molecular flexibility index (Phi) is 4.63. The second-order valence-corrected chi connectivity index (χ2v) is 8.57. The summed E-state index contributed by atoms with van der Waals surface area (Å²) in [6.07, 6.45) is 7.62. The highest BCUT2D eigenvalue weighted by molar-refractivity contribution is 6.38. The van der Waals surface area contributed by atoms with E-state index in [4.69, 9.17) is 0 Å². The number of carbonyl (C=O) groups is 2. The van der Waals surface area contributed by atoms with E-state index in [0.29, 0.717) is 22.4 Å². The lowest BCUT2D eigenvalue weighted by Crippen LogP contribution is -2.18. The predicted molar refractivity (Wildman–Crippen MR) is 135 cm³/mol. The third kappa shape index (κ3) is 3.06. The minimum absolute atomic E-state index is 0.0175. The average Bonchev–Trinajstić information content (AvgIpc) is 3.19. The van der Waals surface area contributed by atoms with Crippen molar-refractivity contribution in [3.05, 3.63) is 148 Å². The summed E-state index contributed by atoms with van der Waals surface area (Å²) in [7, 11) is 0. The van der Waals surface area contributed by atoms with Gasteiger partial charge >= 0.3 is 0 Å². The van der Waals surface area contributed by atoms with Crippen molar-refractivity contribution in [1.29, 1.82) is 0 Å². The number of rotatable bonds is 2. The van der Waals surface area contributed by atoms with E-state index in [1.807, 2.05) is 121 Å². The monoisotopic (exact) mass is 439 g/mol. The molecular weight excluding hydrogens is 418 g/mol. The molecule has 3 aliphatic rings. The lowest BCUT2D eigenvalue weighted by atomic mass is 9.85. The first-order valence-corrected chi connectivity index (χ1v) is 11.3. The molecule has 34 heavy (non-hydrogen) atoms. The molecule has 0 saturated carbocycles. The molecule has 0 spiro atoms. The fourth-order valence-corrected chi connectivity index (χ4v) is 4.89. The van der Waals surface area contributed by atoms with Crippen LogP contribution in [0.1, 0.15) is 34.0 Å². The van der Waals surface area contributed by atoms with E-state index in [2.05, 4.69) is 0 Å². The maximum absolute atomic E-state index is 13.8. The van der Waals surface area contributed by atoms with Gasteiger partial charge in [-0.15, -0.1) is 0 Å². The fourth-order valence-electron chi connectivity index (χ4n) is 4.89. The summed E-state index contributed by atoms with van der Waals surface area (Å²) in [6.45, 7) is 2.01. The Bertz CT molecular complexity index is 1520. The van der Waals surface area contributed by atoms with Crippen molar-refractivity contribution in [2.75, 3.05) is 0 Å². The van der Waals surface area contributed by atoms with Crippen molar-refractivity contribution in [2.45, 2.75) is 6.92 Å². The molecule has 0 unspecified atom stereocenters. The van der Waals surface area contributed by atoms with E-state index in [0.717, 1.165) is 33.5 Å². The van der Waals surface area contributed by atoms with Gasteiger partial charge in [-0.1, -0.05) is 84.9 Å². The molecule has 162 valence electrons. The van der Waals surface area contributed by atoms with E-state index < -0.39 is 0 Å². The normalized spacial score (nSPS) is 19.1. The maximum atomic E-state index is 13.8. The summed E-state index contributed by atoms with van der Waals surface area (Å²) >= 11 is 0. The van der Waals surface area contributed by atoms with Crippen LogP contribution in [0.15, 0.2) is 126 Å². The Morgan fingerprint density at radius 2 is 1.26 bits per heavy atom. The second-order valence-electron chi connectivity index (χ2n) is 8.57. The van der Waals surface area contributed by atoms with E-state index in [-0.39, 0.29) is 11.6 Å². The summed E-state index contributed by atoms with van der Waals surface area (Å²) in [5.41, 5.74) is 7.99. The number of nitrogens with zero attached hydrogens (tertiary/aromatic N) is 1. The molecule has 3 aromatic carbocycles. The van der Waals surface area contributed by atoms with Gasteiger partial charge in [0.25, 0.3) is 0 Å². The van der Waals surface area contributed by atoms with Gasteiger partial charge in [0.15, 0.2) is 5.78 Å². The minimum Gasteiger partial charge on any atom is -0.312 e. The van der Waals surface area contributed by atoms with Crippen molar-refractivity contribution in [2.24, 2.45) is 0 Å². The molecule has 0 atom stereocenters. The van der Waals surface area contributed by atoms with Gasteiger partial charge in [-0.2, -0.15) is 0 Å². The molecule has 6 rings (SSSR count). The van der Waals surface area contributed by atoms with E-state index in [1.54, 1.807) is 0 Å². The van der Waals surface area contributed by atoms with Gasteiger partial charge in [0, 0.05) is 17.3 Å². The minimum atomic E-state index is -0.0446. The van der Waals surface area contributed by atoms with Crippen LogP contribution in [0.4, 0.5) is 0 Å². The molecule has 3 nitrogen and oxygen atoms in total. The van der Waals surface area contributed by atoms with Crippen LogP contribution in [0.3, 0.4) is 0 Å². The van der Waals surface area contributed by atoms with Gasteiger partial charge in [0.05, 0.1) is 17.0 Å². The van der Waals surface area contributed by atoms with Crippen LogP contribution in [-0.4, -0.2) is 16.5 Å². The smallest absolute Gasteiger partial charge is 0.212 e. The Morgan fingerprint density at radius 3 is 1.97 bits per heavy atom. The standard InChI is InChI=1S/C31H21NO2/c1-20-18-26(30(33)25-15-9-8-14-24(20)25)23-16-17-32-27(19-23)31(34)28(21-10-4-2-5-11-21)29(32)22-12-6-3-7-13-22/h2-19H,1H3. The molecular formula is C31H21NO2.